The number of aryl methyl sites for hydroxylation is 1. The minimum atomic E-state index is -0.880. The number of hydrogen-bond acceptors (Lipinski definition) is 2. The van der Waals surface area contributed by atoms with Crippen molar-refractivity contribution in [3.05, 3.63) is 71.3 Å². The van der Waals surface area contributed by atoms with Crippen molar-refractivity contribution in [3.63, 3.8) is 0 Å². The highest BCUT2D eigenvalue weighted by Crippen LogP contribution is 2.26. The van der Waals surface area contributed by atoms with Crippen molar-refractivity contribution in [1.29, 1.82) is 0 Å². The summed E-state index contributed by atoms with van der Waals surface area (Å²) in [6, 6.07) is 10.2. The normalized spacial score (nSPS) is 12.8. The highest BCUT2D eigenvalue weighted by atomic mass is 19.1. The molecule has 0 amide bonds. The molecular formula is C15H13FN2O. The van der Waals surface area contributed by atoms with E-state index < -0.39 is 6.10 Å². The fourth-order valence-electron chi connectivity index (χ4n) is 2.27. The Bertz CT molecular complexity index is 716. The molecule has 0 saturated heterocycles. The molecule has 19 heavy (non-hydrogen) atoms. The molecule has 96 valence electrons. The molecule has 0 spiro atoms. The summed E-state index contributed by atoms with van der Waals surface area (Å²) in [5, 5.41) is 14.6. The van der Waals surface area contributed by atoms with Crippen LogP contribution in [-0.4, -0.2) is 14.7 Å². The molecule has 1 unspecified atom stereocenters. The fourth-order valence-corrected chi connectivity index (χ4v) is 2.27. The summed E-state index contributed by atoms with van der Waals surface area (Å²) in [5.74, 6) is -0.342. The maximum absolute atomic E-state index is 13.4. The minimum Gasteiger partial charge on any atom is -0.384 e. The zero-order valence-corrected chi connectivity index (χ0v) is 10.4. The van der Waals surface area contributed by atoms with E-state index in [0.717, 1.165) is 11.1 Å². The van der Waals surface area contributed by atoms with Crippen molar-refractivity contribution in [3.8, 4) is 0 Å². The van der Waals surface area contributed by atoms with Gasteiger partial charge in [-0.3, -0.25) is 0 Å². The summed E-state index contributed by atoms with van der Waals surface area (Å²) >= 11 is 0. The first kappa shape index (κ1) is 11.9. The minimum absolute atomic E-state index is 0.342. The monoisotopic (exact) mass is 256 g/mol. The van der Waals surface area contributed by atoms with Gasteiger partial charge in [-0.15, -0.1) is 0 Å². The number of pyridine rings is 1. The Balaban J connectivity index is 2.10. The summed E-state index contributed by atoms with van der Waals surface area (Å²) in [6.07, 6.45) is 2.54. The number of nitrogens with zero attached hydrogens (tertiary/aromatic N) is 2. The number of aliphatic hydroxyl groups excluding tert-OH is 1. The van der Waals surface area contributed by atoms with Gasteiger partial charge in [0.15, 0.2) is 0 Å². The molecule has 0 radical (unpaired) electrons. The second-order valence-corrected chi connectivity index (χ2v) is 4.59. The van der Waals surface area contributed by atoms with Crippen molar-refractivity contribution in [2.45, 2.75) is 13.0 Å². The zero-order valence-electron chi connectivity index (χ0n) is 10.4. The van der Waals surface area contributed by atoms with Crippen LogP contribution in [0, 0.1) is 12.7 Å². The summed E-state index contributed by atoms with van der Waals surface area (Å²) in [5.41, 5.74) is 2.81. The first-order chi connectivity index (χ1) is 9.15. The Hall–Kier alpha value is -2.20. The van der Waals surface area contributed by atoms with Gasteiger partial charge in [0.25, 0.3) is 0 Å². The standard InChI is InChI=1S/C15H13FN2O/c1-10-6-11(8-12(16)7-10)15(19)13-9-17-18-5-3-2-4-14(13)18/h2-9,15,19H,1H3. The molecule has 0 aliphatic rings. The van der Waals surface area contributed by atoms with Crippen LogP contribution >= 0.6 is 0 Å². The molecular weight excluding hydrogens is 243 g/mol. The molecule has 1 N–H and O–H groups in total. The van der Waals surface area contributed by atoms with E-state index in [4.69, 9.17) is 0 Å². The van der Waals surface area contributed by atoms with E-state index in [1.165, 1.54) is 12.1 Å². The fraction of sp³-hybridized carbons (Fsp3) is 0.133. The molecule has 3 aromatic rings. The van der Waals surface area contributed by atoms with Crippen molar-refractivity contribution in [2.24, 2.45) is 0 Å². The number of aromatic nitrogens is 2. The molecule has 0 bridgehead atoms. The van der Waals surface area contributed by atoms with Crippen LogP contribution < -0.4 is 0 Å². The van der Waals surface area contributed by atoms with Gasteiger partial charge >= 0.3 is 0 Å². The van der Waals surface area contributed by atoms with Crippen LogP contribution in [-0.2, 0) is 0 Å². The average Bonchev–Trinajstić information content (AvgIpc) is 2.80. The molecule has 3 rings (SSSR count). The lowest BCUT2D eigenvalue weighted by atomic mass is 10.0. The topological polar surface area (TPSA) is 37.5 Å². The molecule has 0 fully saturated rings. The predicted octanol–water partition coefficient (Wildman–Crippen LogP) is 2.86. The van der Waals surface area contributed by atoms with Crippen LogP contribution in [0.3, 0.4) is 0 Å². The lowest BCUT2D eigenvalue weighted by molar-refractivity contribution is 0.221. The van der Waals surface area contributed by atoms with Gasteiger partial charge in [-0.1, -0.05) is 12.1 Å². The Morgan fingerprint density at radius 3 is 2.89 bits per heavy atom. The van der Waals surface area contributed by atoms with E-state index in [1.807, 2.05) is 24.4 Å². The number of rotatable bonds is 2. The Kier molecular flexibility index (Phi) is 2.80. The molecule has 0 aliphatic carbocycles. The number of benzene rings is 1. The number of hydrogen-bond donors (Lipinski definition) is 1. The second-order valence-electron chi connectivity index (χ2n) is 4.59. The zero-order chi connectivity index (χ0) is 13.4. The molecule has 2 heterocycles. The Morgan fingerprint density at radius 2 is 2.11 bits per heavy atom. The van der Waals surface area contributed by atoms with Gasteiger partial charge in [0.05, 0.1) is 11.7 Å². The van der Waals surface area contributed by atoms with Crippen LogP contribution in [0.5, 0.6) is 0 Å². The van der Waals surface area contributed by atoms with Crippen LogP contribution in [0.25, 0.3) is 5.52 Å². The lowest BCUT2D eigenvalue weighted by Gasteiger charge is -2.11. The van der Waals surface area contributed by atoms with Gasteiger partial charge in [0.2, 0.25) is 0 Å². The van der Waals surface area contributed by atoms with E-state index in [-0.39, 0.29) is 5.82 Å². The van der Waals surface area contributed by atoms with Gasteiger partial charge in [0, 0.05) is 11.8 Å². The molecule has 1 atom stereocenters. The van der Waals surface area contributed by atoms with Crippen molar-refractivity contribution < 1.29 is 9.50 Å². The number of fused-ring (bicyclic) bond motifs is 1. The highest BCUT2D eigenvalue weighted by Gasteiger charge is 2.16. The van der Waals surface area contributed by atoms with E-state index in [2.05, 4.69) is 5.10 Å². The van der Waals surface area contributed by atoms with Crippen molar-refractivity contribution in [1.82, 2.24) is 9.61 Å². The predicted molar refractivity (Wildman–Crippen MR) is 70.4 cm³/mol. The maximum Gasteiger partial charge on any atom is 0.123 e. The quantitative estimate of drug-likeness (QED) is 0.765. The number of aliphatic hydroxyl groups is 1. The molecule has 4 heteroatoms. The summed E-state index contributed by atoms with van der Waals surface area (Å²) < 4.78 is 15.1. The van der Waals surface area contributed by atoms with Crippen molar-refractivity contribution in [2.75, 3.05) is 0 Å². The average molecular weight is 256 g/mol. The summed E-state index contributed by atoms with van der Waals surface area (Å²) in [6.45, 7) is 1.80. The maximum atomic E-state index is 13.4. The molecule has 2 aromatic heterocycles. The third kappa shape index (κ3) is 2.11. The molecule has 1 aromatic carbocycles. The summed E-state index contributed by atoms with van der Waals surface area (Å²) in [7, 11) is 0. The largest absolute Gasteiger partial charge is 0.384 e. The Labute approximate surface area is 109 Å². The Morgan fingerprint density at radius 1 is 1.26 bits per heavy atom. The van der Waals surface area contributed by atoms with Crippen LogP contribution in [0.4, 0.5) is 4.39 Å². The number of halogens is 1. The van der Waals surface area contributed by atoms with Gasteiger partial charge < -0.3 is 5.11 Å². The molecule has 0 saturated carbocycles. The van der Waals surface area contributed by atoms with E-state index >= 15 is 0 Å². The SMILES string of the molecule is Cc1cc(F)cc(C(O)c2cnn3ccccc23)c1. The second kappa shape index (κ2) is 4.48. The lowest BCUT2D eigenvalue weighted by Crippen LogP contribution is -2.00. The smallest absolute Gasteiger partial charge is 0.123 e. The van der Waals surface area contributed by atoms with Crippen LogP contribution in [0.1, 0.15) is 22.8 Å². The van der Waals surface area contributed by atoms with Crippen molar-refractivity contribution >= 4 is 5.52 Å². The first-order valence-electron chi connectivity index (χ1n) is 6.02. The van der Waals surface area contributed by atoms with Gasteiger partial charge in [-0.2, -0.15) is 5.10 Å². The van der Waals surface area contributed by atoms with E-state index in [9.17, 15) is 9.50 Å². The van der Waals surface area contributed by atoms with Crippen LogP contribution in [0.2, 0.25) is 0 Å². The van der Waals surface area contributed by atoms with E-state index in [0.29, 0.717) is 11.1 Å². The molecule has 0 aliphatic heterocycles. The van der Waals surface area contributed by atoms with Crippen LogP contribution in [0.15, 0.2) is 48.8 Å². The van der Waals surface area contributed by atoms with E-state index in [1.54, 1.807) is 23.7 Å². The van der Waals surface area contributed by atoms with Gasteiger partial charge in [-0.05, 0) is 42.3 Å². The summed E-state index contributed by atoms with van der Waals surface area (Å²) in [4.78, 5) is 0. The third-order valence-corrected chi connectivity index (χ3v) is 3.13. The van der Waals surface area contributed by atoms with Gasteiger partial charge in [0.1, 0.15) is 11.9 Å². The van der Waals surface area contributed by atoms with Gasteiger partial charge in [-0.25, -0.2) is 8.91 Å². The first-order valence-corrected chi connectivity index (χ1v) is 6.02. The molecule has 3 nitrogen and oxygen atoms in total. The highest BCUT2D eigenvalue weighted by molar-refractivity contribution is 5.56. The third-order valence-electron chi connectivity index (χ3n) is 3.13.